The number of ether oxygens (including phenoxy) is 1. The Morgan fingerprint density at radius 1 is 1.07 bits per heavy atom. The van der Waals surface area contributed by atoms with Gasteiger partial charge >= 0.3 is 6.03 Å². The van der Waals surface area contributed by atoms with Crippen LogP contribution in [0.2, 0.25) is 0 Å². The number of nitrogens with one attached hydrogen (secondary N) is 3. The molecule has 3 amide bonds. The van der Waals surface area contributed by atoms with E-state index in [-0.39, 0.29) is 23.5 Å². The number of amides is 3. The van der Waals surface area contributed by atoms with Crippen LogP contribution in [-0.4, -0.2) is 67.8 Å². The first-order chi connectivity index (χ1) is 14.0. The summed E-state index contributed by atoms with van der Waals surface area (Å²) in [7, 11) is 0. The lowest BCUT2D eigenvalue weighted by atomic mass is 9.53. The molecule has 1 heterocycles. The lowest BCUT2D eigenvalue weighted by Gasteiger charge is -2.56. The van der Waals surface area contributed by atoms with Crippen molar-refractivity contribution in [2.24, 2.45) is 17.8 Å². The molecule has 0 spiro atoms. The van der Waals surface area contributed by atoms with Crippen molar-refractivity contribution in [3.05, 3.63) is 0 Å². The molecule has 5 aliphatic rings. The Morgan fingerprint density at radius 3 is 2.31 bits per heavy atom. The average molecular weight is 407 g/mol. The molecule has 1 unspecified atom stereocenters. The van der Waals surface area contributed by atoms with Crippen molar-refractivity contribution >= 4 is 11.9 Å². The van der Waals surface area contributed by atoms with Crippen LogP contribution in [-0.2, 0) is 9.53 Å². The third-order valence-corrected chi connectivity index (χ3v) is 7.44. The Balaban J connectivity index is 1.10. The normalized spacial score (nSPS) is 34.6. The first kappa shape index (κ1) is 20.9. The minimum Gasteiger partial charge on any atom is -0.379 e. The van der Waals surface area contributed by atoms with E-state index in [1.807, 2.05) is 6.92 Å². The molecule has 3 N–H and O–H groups in total. The van der Waals surface area contributed by atoms with Gasteiger partial charge in [-0.15, -0.1) is 0 Å². The fourth-order valence-electron chi connectivity index (χ4n) is 6.46. The third kappa shape index (κ3) is 5.63. The third-order valence-electron chi connectivity index (χ3n) is 7.44. The van der Waals surface area contributed by atoms with Gasteiger partial charge in [0.2, 0.25) is 5.91 Å². The number of rotatable bonds is 8. The monoisotopic (exact) mass is 406 g/mol. The Labute approximate surface area is 174 Å². The molecule has 0 radical (unpaired) electrons. The van der Waals surface area contributed by atoms with Gasteiger partial charge in [0, 0.05) is 44.2 Å². The summed E-state index contributed by atoms with van der Waals surface area (Å²) in [6.07, 6.45) is 8.81. The molecule has 5 fully saturated rings. The van der Waals surface area contributed by atoms with Gasteiger partial charge in [0.1, 0.15) is 0 Å². The van der Waals surface area contributed by atoms with E-state index in [0.29, 0.717) is 13.0 Å². The Kier molecular flexibility index (Phi) is 6.64. The number of morpholine rings is 1. The largest absolute Gasteiger partial charge is 0.379 e. The summed E-state index contributed by atoms with van der Waals surface area (Å²) < 4.78 is 5.36. The minimum absolute atomic E-state index is 0.00887. The molecule has 1 atom stereocenters. The van der Waals surface area contributed by atoms with Crippen LogP contribution in [0.1, 0.15) is 58.3 Å². The molecule has 7 nitrogen and oxygen atoms in total. The van der Waals surface area contributed by atoms with E-state index in [2.05, 4.69) is 20.9 Å². The van der Waals surface area contributed by atoms with Crippen LogP contribution in [0.4, 0.5) is 4.79 Å². The van der Waals surface area contributed by atoms with Gasteiger partial charge in [-0.05, 0) is 69.6 Å². The number of nitrogens with zero attached hydrogens (tertiary/aromatic N) is 1. The molecule has 0 aromatic rings. The molecule has 5 rings (SSSR count). The quantitative estimate of drug-likeness (QED) is 0.575. The van der Waals surface area contributed by atoms with Gasteiger partial charge in [0.25, 0.3) is 0 Å². The zero-order valence-electron chi connectivity index (χ0n) is 17.9. The predicted octanol–water partition coefficient (Wildman–Crippen LogP) is 1.87. The highest BCUT2D eigenvalue weighted by molar-refractivity contribution is 5.78. The van der Waals surface area contributed by atoms with E-state index < -0.39 is 0 Å². The van der Waals surface area contributed by atoms with Crippen molar-refractivity contribution in [2.45, 2.75) is 69.9 Å². The van der Waals surface area contributed by atoms with Crippen LogP contribution in [0.15, 0.2) is 0 Å². The molecule has 1 saturated heterocycles. The first-order valence-electron chi connectivity index (χ1n) is 11.7. The second-order valence-electron chi connectivity index (χ2n) is 10.0. The average Bonchev–Trinajstić information content (AvgIpc) is 2.65. The number of hydrogen-bond donors (Lipinski definition) is 3. The number of hydrogen-bond acceptors (Lipinski definition) is 4. The van der Waals surface area contributed by atoms with Crippen LogP contribution >= 0.6 is 0 Å². The van der Waals surface area contributed by atoms with Crippen molar-refractivity contribution in [3.63, 3.8) is 0 Å². The van der Waals surface area contributed by atoms with E-state index in [1.165, 1.54) is 19.3 Å². The molecule has 0 aromatic heterocycles. The summed E-state index contributed by atoms with van der Waals surface area (Å²) in [4.78, 5) is 27.0. The summed E-state index contributed by atoms with van der Waals surface area (Å²) in [5, 5.41) is 9.26. The van der Waals surface area contributed by atoms with Crippen molar-refractivity contribution in [1.82, 2.24) is 20.9 Å². The summed E-state index contributed by atoms with van der Waals surface area (Å²) >= 11 is 0. The molecular weight excluding hydrogens is 368 g/mol. The molecule has 0 aromatic carbocycles. The Bertz CT molecular complexity index is 555. The zero-order valence-corrected chi connectivity index (χ0v) is 17.9. The molecule has 4 aliphatic carbocycles. The van der Waals surface area contributed by atoms with Crippen molar-refractivity contribution in [1.29, 1.82) is 0 Å². The molecule has 4 saturated carbocycles. The van der Waals surface area contributed by atoms with Crippen LogP contribution in [0.25, 0.3) is 0 Å². The zero-order chi connectivity index (χ0) is 20.3. The van der Waals surface area contributed by atoms with Crippen LogP contribution in [0, 0.1) is 17.8 Å². The van der Waals surface area contributed by atoms with Gasteiger partial charge in [-0.2, -0.15) is 0 Å². The lowest BCUT2D eigenvalue weighted by molar-refractivity contribution is -0.121. The van der Waals surface area contributed by atoms with E-state index in [1.54, 1.807) is 0 Å². The van der Waals surface area contributed by atoms with Gasteiger partial charge in [-0.1, -0.05) is 0 Å². The summed E-state index contributed by atoms with van der Waals surface area (Å²) in [6.45, 7) is 6.98. The standard InChI is InChI=1S/C22H38N4O3/c1-16(3-5-26-6-8-29-9-7-26)24-20(27)2-4-23-21(28)25-22-13-17-10-18(14-22)12-19(11-17)15-22/h16-19H,2-15H2,1H3,(H,24,27)(H2,23,25,28). The Morgan fingerprint density at radius 2 is 1.69 bits per heavy atom. The highest BCUT2D eigenvalue weighted by Gasteiger charge is 2.51. The van der Waals surface area contributed by atoms with Crippen molar-refractivity contribution < 1.29 is 14.3 Å². The number of carbonyl (C=O) groups is 2. The van der Waals surface area contributed by atoms with Crippen LogP contribution in [0.3, 0.4) is 0 Å². The minimum atomic E-state index is -0.0971. The second kappa shape index (κ2) is 9.21. The summed E-state index contributed by atoms with van der Waals surface area (Å²) in [6, 6.07) is 0.0475. The molecule has 29 heavy (non-hydrogen) atoms. The van der Waals surface area contributed by atoms with Crippen molar-refractivity contribution in [3.8, 4) is 0 Å². The number of urea groups is 1. The maximum absolute atomic E-state index is 12.4. The second-order valence-corrected chi connectivity index (χ2v) is 10.0. The van der Waals surface area contributed by atoms with E-state index in [4.69, 9.17) is 4.74 Å². The van der Waals surface area contributed by atoms with Gasteiger partial charge in [-0.3, -0.25) is 9.69 Å². The molecular formula is C22H38N4O3. The maximum Gasteiger partial charge on any atom is 0.315 e. The van der Waals surface area contributed by atoms with Gasteiger partial charge < -0.3 is 20.7 Å². The first-order valence-corrected chi connectivity index (χ1v) is 11.7. The smallest absolute Gasteiger partial charge is 0.315 e. The summed E-state index contributed by atoms with van der Waals surface area (Å²) in [5.74, 6) is 2.44. The molecule has 1 aliphatic heterocycles. The van der Waals surface area contributed by atoms with E-state index in [9.17, 15) is 9.59 Å². The van der Waals surface area contributed by atoms with Crippen LogP contribution < -0.4 is 16.0 Å². The summed E-state index contributed by atoms with van der Waals surface area (Å²) in [5.41, 5.74) is 0.0229. The predicted molar refractivity (Wildman–Crippen MR) is 112 cm³/mol. The fourth-order valence-corrected chi connectivity index (χ4v) is 6.46. The highest BCUT2D eigenvalue weighted by atomic mass is 16.5. The molecule has 4 bridgehead atoms. The topological polar surface area (TPSA) is 82.7 Å². The van der Waals surface area contributed by atoms with Gasteiger partial charge in [-0.25, -0.2) is 4.79 Å². The number of carbonyl (C=O) groups excluding carboxylic acids is 2. The van der Waals surface area contributed by atoms with E-state index >= 15 is 0 Å². The Hall–Kier alpha value is -1.34. The highest BCUT2D eigenvalue weighted by Crippen LogP contribution is 2.55. The molecule has 164 valence electrons. The van der Waals surface area contributed by atoms with Crippen LogP contribution in [0.5, 0.6) is 0 Å². The van der Waals surface area contributed by atoms with Crippen molar-refractivity contribution in [2.75, 3.05) is 39.4 Å². The lowest BCUT2D eigenvalue weighted by Crippen LogP contribution is -2.61. The fraction of sp³-hybridized carbons (Fsp3) is 0.909. The van der Waals surface area contributed by atoms with Gasteiger partial charge in [0.15, 0.2) is 0 Å². The SMILES string of the molecule is CC(CCN1CCOCC1)NC(=O)CCNC(=O)NC12CC3CC(CC(C3)C1)C2. The van der Waals surface area contributed by atoms with Gasteiger partial charge in [0.05, 0.1) is 13.2 Å². The van der Waals surface area contributed by atoms with E-state index in [0.717, 1.165) is 76.3 Å². The maximum atomic E-state index is 12.4. The molecule has 7 heteroatoms.